The number of carbonyl (C=O) groups is 1. The third-order valence-corrected chi connectivity index (χ3v) is 4.91. The van der Waals surface area contributed by atoms with Crippen molar-refractivity contribution in [2.24, 2.45) is 0 Å². The average molecular weight is 460 g/mol. The molecule has 1 heterocycles. The van der Waals surface area contributed by atoms with Crippen LogP contribution in [0, 0.1) is 3.57 Å². The van der Waals surface area contributed by atoms with Crippen LogP contribution in [0.1, 0.15) is 15.9 Å². The summed E-state index contributed by atoms with van der Waals surface area (Å²) in [7, 11) is 0. The van der Waals surface area contributed by atoms with E-state index in [1.165, 1.54) is 0 Å². The van der Waals surface area contributed by atoms with Crippen molar-refractivity contribution >= 4 is 66.8 Å². The number of rotatable bonds is 2. The monoisotopic (exact) mass is 459 g/mol. The molecule has 0 atom stereocenters. The molecule has 0 aliphatic rings. The van der Waals surface area contributed by atoms with Crippen LogP contribution in [0.4, 0.5) is 0 Å². The number of aromatic amines is 1. The smallest absolute Gasteiger partial charge is 0.196 e. The van der Waals surface area contributed by atoms with Crippen molar-refractivity contribution in [2.45, 2.75) is 0 Å². The van der Waals surface area contributed by atoms with Crippen LogP contribution >= 0.6 is 50.1 Å². The average Bonchev–Trinajstić information content (AvgIpc) is 2.86. The molecule has 0 fully saturated rings. The van der Waals surface area contributed by atoms with Crippen molar-refractivity contribution in [3.05, 3.63) is 66.8 Å². The van der Waals surface area contributed by atoms with Gasteiger partial charge in [-0.15, -0.1) is 0 Å². The molecule has 0 saturated heterocycles. The Hall–Kier alpha value is -0.850. The van der Waals surface area contributed by atoms with Crippen molar-refractivity contribution in [1.29, 1.82) is 0 Å². The highest BCUT2D eigenvalue weighted by Crippen LogP contribution is 2.30. The lowest BCUT2D eigenvalue weighted by molar-refractivity contribution is 0.103. The van der Waals surface area contributed by atoms with E-state index in [1.54, 1.807) is 18.3 Å². The Kier molecular flexibility index (Phi) is 3.88. The molecule has 2 nitrogen and oxygen atoms in total. The third kappa shape index (κ3) is 2.40. The summed E-state index contributed by atoms with van der Waals surface area (Å²) in [4.78, 5) is 15.9. The van der Waals surface area contributed by atoms with Crippen LogP contribution < -0.4 is 0 Å². The van der Waals surface area contributed by atoms with Gasteiger partial charge in [-0.3, -0.25) is 4.79 Å². The summed E-state index contributed by atoms with van der Waals surface area (Å²) in [5.41, 5.74) is 2.20. The molecule has 0 aliphatic heterocycles. The highest BCUT2D eigenvalue weighted by Gasteiger charge is 2.18. The fourth-order valence-electron chi connectivity index (χ4n) is 2.14. The number of benzene rings is 2. The highest BCUT2D eigenvalue weighted by molar-refractivity contribution is 14.1. The van der Waals surface area contributed by atoms with Crippen LogP contribution in [-0.2, 0) is 0 Å². The molecule has 100 valence electrons. The number of nitrogens with one attached hydrogen (secondary N) is 1. The zero-order chi connectivity index (χ0) is 14.3. The van der Waals surface area contributed by atoms with Crippen LogP contribution in [0.25, 0.3) is 10.9 Å². The highest BCUT2D eigenvalue weighted by atomic mass is 127. The molecule has 0 spiro atoms. The van der Waals surface area contributed by atoms with Crippen molar-refractivity contribution in [3.63, 3.8) is 0 Å². The first-order valence-electron chi connectivity index (χ1n) is 5.83. The van der Waals surface area contributed by atoms with Gasteiger partial charge in [0.1, 0.15) is 0 Å². The van der Waals surface area contributed by atoms with Crippen LogP contribution in [0.5, 0.6) is 0 Å². The SMILES string of the molecule is O=C(c1cc(Cl)ccc1I)c1c[nH]c2cccc(Br)c12. The molecule has 3 aromatic rings. The molecule has 20 heavy (non-hydrogen) atoms. The minimum absolute atomic E-state index is 0.0324. The van der Waals surface area contributed by atoms with E-state index in [-0.39, 0.29) is 5.78 Å². The number of hydrogen-bond acceptors (Lipinski definition) is 1. The molecule has 0 amide bonds. The molecule has 1 aromatic heterocycles. The number of halogens is 3. The van der Waals surface area contributed by atoms with Crippen LogP contribution in [0.3, 0.4) is 0 Å². The largest absolute Gasteiger partial charge is 0.360 e. The fourth-order valence-corrected chi connectivity index (χ4v) is 3.47. The van der Waals surface area contributed by atoms with Gasteiger partial charge in [0.05, 0.1) is 0 Å². The van der Waals surface area contributed by atoms with Gasteiger partial charge in [-0.05, 0) is 52.9 Å². The minimum atomic E-state index is -0.0324. The Bertz CT molecular complexity index is 828. The molecular weight excluding hydrogens is 452 g/mol. The fraction of sp³-hybridized carbons (Fsp3) is 0. The second kappa shape index (κ2) is 5.50. The number of hydrogen-bond donors (Lipinski definition) is 1. The van der Waals surface area contributed by atoms with E-state index >= 15 is 0 Å². The Morgan fingerprint density at radius 1 is 1.20 bits per heavy atom. The Morgan fingerprint density at radius 2 is 2.00 bits per heavy atom. The number of ketones is 1. The van der Waals surface area contributed by atoms with Crippen molar-refractivity contribution in [2.75, 3.05) is 0 Å². The minimum Gasteiger partial charge on any atom is -0.360 e. The Morgan fingerprint density at radius 3 is 2.80 bits per heavy atom. The molecule has 3 rings (SSSR count). The van der Waals surface area contributed by atoms with E-state index in [0.717, 1.165) is 18.9 Å². The predicted molar refractivity (Wildman–Crippen MR) is 93.6 cm³/mol. The first-order valence-corrected chi connectivity index (χ1v) is 8.08. The van der Waals surface area contributed by atoms with Gasteiger partial charge in [-0.25, -0.2) is 0 Å². The summed E-state index contributed by atoms with van der Waals surface area (Å²) in [6.45, 7) is 0. The summed E-state index contributed by atoms with van der Waals surface area (Å²) in [6.07, 6.45) is 1.74. The van der Waals surface area contributed by atoms with Gasteiger partial charge in [0.15, 0.2) is 5.78 Å². The van der Waals surface area contributed by atoms with Crippen molar-refractivity contribution in [1.82, 2.24) is 4.98 Å². The van der Waals surface area contributed by atoms with Crippen molar-refractivity contribution in [3.8, 4) is 0 Å². The molecule has 0 bridgehead atoms. The Labute approximate surface area is 142 Å². The van der Waals surface area contributed by atoms with Crippen LogP contribution in [0.15, 0.2) is 47.1 Å². The predicted octanol–water partition coefficient (Wildman–Crippen LogP) is 5.42. The maximum atomic E-state index is 12.7. The number of aromatic nitrogens is 1. The van der Waals surface area contributed by atoms with Gasteiger partial charge in [-0.2, -0.15) is 0 Å². The number of carbonyl (C=O) groups excluding carboxylic acids is 1. The molecule has 0 aliphatic carbocycles. The van der Waals surface area contributed by atoms with Crippen molar-refractivity contribution < 1.29 is 4.79 Å². The van der Waals surface area contributed by atoms with Crippen LogP contribution in [-0.4, -0.2) is 10.8 Å². The molecule has 2 aromatic carbocycles. The maximum absolute atomic E-state index is 12.7. The normalized spacial score (nSPS) is 10.9. The molecule has 0 saturated carbocycles. The third-order valence-electron chi connectivity index (χ3n) is 3.07. The lowest BCUT2D eigenvalue weighted by Crippen LogP contribution is -2.03. The lowest BCUT2D eigenvalue weighted by Gasteiger charge is -2.04. The quantitative estimate of drug-likeness (QED) is 0.402. The lowest BCUT2D eigenvalue weighted by atomic mass is 10.0. The summed E-state index contributed by atoms with van der Waals surface area (Å²) >= 11 is 11.6. The summed E-state index contributed by atoms with van der Waals surface area (Å²) in [5, 5.41) is 1.46. The molecule has 1 N–H and O–H groups in total. The molecule has 0 radical (unpaired) electrons. The standard InChI is InChI=1S/C15H8BrClINO/c16-11-2-1-3-13-14(11)10(7-19-13)15(20)9-6-8(17)4-5-12(9)18/h1-7,19H. The van der Waals surface area contributed by atoms with Gasteiger partial charge in [0.2, 0.25) is 0 Å². The van der Waals surface area contributed by atoms with E-state index in [2.05, 4.69) is 43.5 Å². The van der Waals surface area contributed by atoms with Gasteiger partial charge in [0.25, 0.3) is 0 Å². The van der Waals surface area contributed by atoms with Gasteiger partial charge >= 0.3 is 0 Å². The summed E-state index contributed by atoms with van der Waals surface area (Å²) in [6, 6.07) is 11.1. The van der Waals surface area contributed by atoms with E-state index in [1.807, 2.05) is 24.3 Å². The number of H-pyrrole nitrogens is 1. The van der Waals surface area contributed by atoms with E-state index in [4.69, 9.17) is 11.6 Å². The first-order chi connectivity index (χ1) is 9.58. The van der Waals surface area contributed by atoms with Crippen LogP contribution in [0.2, 0.25) is 5.02 Å². The summed E-state index contributed by atoms with van der Waals surface area (Å²) in [5.74, 6) is -0.0324. The zero-order valence-corrected chi connectivity index (χ0v) is 14.6. The van der Waals surface area contributed by atoms with Gasteiger partial charge in [-0.1, -0.05) is 33.6 Å². The van der Waals surface area contributed by atoms with E-state index in [0.29, 0.717) is 16.1 Å². The van der Waals surface area contributed by atoms with E-state index < -0.39 is 0 Å². The van der Waals surface area contributed by atoms with Gasteiger partial charge < -0.3 is 4.98 Å². The molecule has 5 heteroatoms. The molecule has 0 unspecified atom stereocenters. The zero-order valence-electron chi connectivity index (χ0n) is 10.1. The second-order valence-electron chi connectivity index (χ2n) is 4.32. The Balaban J connectivity index is 2.21. The topological polar surface area (TPSA) is 32.9 Å². The number of fused-ring (bicyclic) bond motifs is 1. The second-order valence-corrected chi connectivity index (χ2v) is 6.77. The van der Waals surface area contributed by atoms with E-state index in [9.17, 15) is 4.79 Å². The summed E-state index contributed by atoms with van der Waals surface area (Å²) < 4.78 is 1.79. The first kappa shape index (κ1) is 14.1. The molecular formula is C15H8BrClINO. The maximum Gasteiger partial charge on any atom is 0.196 e. The van der Waals surface area contributed by atoms with Gasteiger partial charge in [0, 0.05) is 41.3 Å².